The third-order valence-electron chi connectivity index (χ3n) is 3.58. The molecule has 2 rings (SSSR count). The standard InChI is InChI=1S/C19H20FNO4/c20-16-9-4-5-10-17(16)25-14-18(22)21(12-6-11-19(23)24)13-15-7-2-1-3-8-15/h1-5,7-10H,6,11-14H2,(H,23,24). The quantitative estimate of drug-likeness (QED) is 0.758. The summed E-state index contributed by atoms with van der Waals surface area (Å²) in [5.41, 5.74) is 0.928. The van der Waals surface area contributed by atoms with Gasteiger partial charge >= 0.3 is 5.97 Å². The molecule has 2 aromatic rings. The van der Waals surface area contributed by atoms with E-state index in [1.54, 1.807) is 6.07 Å². The topological polar surface area (TPSA) is 66.8 Å². The number of carbonyl (C=O) groups is 2. The number of ether oxygens (including phenoxy) is 1. The third-order valence-corrected chi connectivity index (χ3v) is 3.58. The van der Waals surface area contributed by atoms with Gasteiger partial charge in [-0.3, -0.25) is 9.59 Å². The van der Waals surface area contributed by atoms with E-state index in [2.05, 4.69) is 0 Å². The van der Waals surface area contributed by atoms with Crippen molar-refractivity contribution in [2.45, 2.75) is 19.4 Å². The summed E-state index contributed by atoms with van der Waals surface area (Å²) in [7, 11) is 0. The van der Waals surface area contributed by atoms with Crippen LogP contribution < -0.4 is 4.74 Å². The number of carboxylic acids is 1. The molecular formula is C19H20FNO4. The lowest BCUT2D eigenvalue weighted by atomic mass is 10.2. The zero-order valence-corrected chi connectivity index (χ0v) is 13.7. The molecule has 0 saturated carbocycles. The maximum Gasteiger partial charge on any atom is 0.303 e. The summed E-state index contributed by atoms with van der Waals surface area (Å²) >= 11 is 0. The van der Waals surface area contributed by atoms with Crippen molar-refractivity contribution < 1.29 is 23.8 Å². The zero-order valence-electron chi connectivity index (χ0n) is 13.7. The molecule has 0 aliphatic carbocycles. The van der Waals surface area contributed by atoms with E-state index in [9.17, 15) is 14.0 Å². The van der Waals surface area contributed by atoms with Crippen molar-refractivity contribution in [1.29, 1.82) is 0 Å². The van der Waals surface area contributed by atoms with Gasteiger partial charge in [-0.25, -0.2) is 4.39 Å². The molecule has 0 atom stereocenters. The molecule has 0 bridgehead atoms. The first-order valence-corrected chi connectivity index (χ1v) is 7.97. The first-order chi connectivity index (χ1) is 12.1. The molecule has 0 aliphatic rings. The largest absolute Gasteiger partial charge is 0.481 e. The maximum atomic E-state index is 13.6. The minimum atomic E-state index is -0.908. The Balaban J connectivity index is 1.98. The average molecular weight is 345 g/mol. The van der Waals surface area contributed by atoms with Crippen molar-refractivity contribution in [2.75, 3.05) is 13.2 Å². The van der Waals surface area contributed by atoms with Crippen molar-refractivity contribution in [3.8, 4) is 5.75 Å². The SMILES string of the molecule is O=C(O)CCCN(Cc1ccccc1)C(=O)COc1ccccc1F. The predicted molar refractivity (Wildman–Crippen MR) is 90.6 cm³/mol. The number of para-hydroxylation sites is 1. The monoisotopic (exact) mass is 345 g/mol. The average Bonchev–Trinajstić information content (AvgIpc) is 2.60. The number of nitrogens with zero attached hydrogens (tertiary/aromatic N) is 1. The van der Waals surface area contributed by atoms with E-state index >= 15 is 0 Å². The van der Waals surface area contributed by atoms with Crippen molar-refractivity contribution in [3.63, 3.8) is 0 Å². The molecule has 6 heteroatoms. The Morgan fingerprint density at radius 1 is 1.04 bits per heavy atom. The summed E-state index contributed by atoms with van der Waals surface area (Å²) in [5, 5.41) is 8.77. The van der Waals surface area contributed by atoms with E-state index in [-0.39, 0.29) is 24.7 Å². The fourth-order valence-electron chi connectivity index (χ4n) is 2.31. The molecule has 0 unspecified atom stereocenters. The second-order valence-electron chi connectivity index (χ2n) is 5.52. The van der Waals surface area contributed by atoms with Gasteiger partial charge in [0.05, 0.1) is 0 Å². The van der Waals surface area contributed by atoms with Gasteiger partial charge in [0.15, 0.2) is 18.2 Å². The molecule has 0 saturated heterocycles. The van der Waals surface area contributed by atoms with Gasteiger partial charge in [0.2, 0.25) is 0 Å². The van der Waals surface area contributed by atoms with Crippen LogP contribution in [-0.4, -0.2) is 35.0 Å². The van der Waals surface area contributed by atoms with Crippen LogP contribution in [0.5, 0.6) is 5.75 Å². The number of halogens is 1. The molecule has 0 aliphatic heterocycles. The van der Waals surface area contributed by atoms with E-state index in [4.69, 9.17) is 9.84 Å². The minimum Gasteiger partial charge on any atom is -0.481 e. The molecule has 1 amide bonds. The second-order valence-corrected chi connectivity index (χ2v) is 5.52. The molecule has 0 aromatic heterocycles. The van der Waals surface area contributed by atoms with Gasteiger partial charge in [-0.05, 0) is 24.1 Å². The number of hydrogen-bond acceptors (Lipinski definition) is 3. The lowest BCUT2D eigenvalue weighted by Gasteiger charge is -2.23. The van der Waals surface area contributed by atoms with E-state index in [0.29, 0.717) is 19.5 Å². The molecule has 5 nitrogen and oxygen atoms in total. The number of amides is 1. The molecule has 132 valence electrons. The van der Waals surface area contributed by atoms with Gasteiger partial charge in [-0.2, -0.15) is 0 Å². The highest BCUT2D eigenvalue weighted by molar-refractivity contribution is 5.78. The predicted octanol–water partition coefficient (Wildman–Crippen LogP) is 3.10. The number of carbonyl (C=O) groups excluding carboxylic acids is 1. The van der Waals surface area contributed by atoms with E-state index < -0.39 is 11.8 Å². The Morgan fingerprint density at radius 2 is 1.72 bits per heavy atom. The molecule has 0 heterocycles. The third kappa shape index (κ3) is 6.25. The molecule has 0 fully saturated rings. The van der Waals surface area contributed by atoms with Crippen molar-refractivity contribution in [1.82, 2.24) is 4.90 Å². The molecular weight excluding hydrogens is 325 g/mol. The first kappa shape index (κ1) is 18.4. The van der Waals surface area contributed by atoms with Gasteiger partial charge in [0.1, 0.15) is 0 Å². The Kier molecular flexibility index (Phi) is 6.95. The van der Waals surface area contributed by atoms with Crippen LogP contribution in [0.4, 0.5) is 4.39 Å². The number of aliphatic carboxylic acids is 1. The van der Waals surface area contributed by atoms with Crippen LogP contribution in [0.25, 0.3) is 0 Å². The molecule has 2 aromatic carbocycles. The van der Waals surface area contributed by atoms with Gasteiger partial charge in [0.25, 0.3) is 5.91 Å². The van der Waals surface area contributed by atoms with Crippen LogP contribution in [0, 0.1) is 5.82 Å². The van der Waals surface area contributed by atoms with Crippen LogP contribution in [0.15, 0.2) is 54.6 Å². The van der Waals surface area contributed by atoms with Gasteiger partial charge in [0, 0.05) is 19.5 Å². The molecule has 1 N–H and O–H groups in total. The van der Waals surface area contributed by atoms with Crippen LogP contribution in [-0.2, 0) is 16.1 Å². The summed E-state index contributed by atoms with van der Waals surface area (Å²) in [4.78, 5) is 24.7. The summed E-state index contributed by atoms with van der Waals surface area (Å²) in [6.45, 7) is 0.335. The minimum absolute atomic E-state index is 0.0149. The maximum absolute atomic E-state index is 13.6. The Bertz CT molecular complexity index is 706. The van der Waals surface area contributed by atoms with Crippen LogP contribution in [0.1, 0.15) is 18.4 Å². The highest BCUT2D eigenvalue weighted by atomic mass is 19.1. The van der Waals surface area contributed by atoms with Crippen LogP contribution in [0.2, 0.25) is 0 Å². The van der Waals surface area contributed by atoms with Crippen LogP contribution in [0.3, 0.4) is 0 Å². The second kappa shape index (κ2) is 9.42. The fourth-order valence-corrected chi connectivity index (χ4v) is 2.31. The van der Waals surface area contributed by atoms with Crippen molar-refractivity contribution >= 4 is 11.9 Å². The van der Waals surface area contributed by atoms with Gasteiger partial charge in [-0.15, -0.1) is 0 Å². The summed E-state index contributed by atoms with van der Waals surface area (Å²) in [6, 6.07) is 15.3. The van der Waals surface area contributed by atoms with Crippen molar-refractivity contribution in [3.05, 3.63) is 66.0 Å². The highest BCUT2D eigenvalue weighted by Crippen LogP contribution is 2.15. The molecule has 0 radical (unpaired) electrons. The fraction of sp³-hybridized carbons (Fsp3) is 0.263. The van der Waals surface area contributed by atoms with E-state index in [1.807, 2.05) is 30.3 Å². The summed E-state index contributed by atoms with van der Waals surface area (Å²) in [5.74, 6) is -1.75. The Hall–Kier alpha value is -2.89. The Morgan fingerprint density at radius 3 is 2.40 bits per heavy atom. The molecule has 0 spiro atoms. The smallest absolute Gasteiger partial charge is 0.303 e. The zero-order chi connectivity index (χ0) is 18.1. The number of carboxylic acid groups (broad SMARTS) is 1. The summed E-state index contributed by atoms with van der Waals surface area (Å²) < 4.78 is 18.8. The highest BCUT2D eigenvalue weighted by Gasteiger charge is 2.16. The summed E-state index contributed by atoms with van der Waals surface area (Å²) in [6.07, 6.45) is 0.320. The normalized spacial score (nSPS) is 10.3. The molecule has 25 heavy (non-hydrogen) atoms. The number of rotatable bonds is 9. The van der Waals surface area contributed by atoms with Crippen molar-refractivity contribution in [2.24, 2.45) is 0 Å². The van der Waals surface area contributed by atoms with Gasteiger partial charge < -0.3 is 14.7 Å². The first-order valence-electron chi connectivity index (χ1n) is 7.97. The van der Waals surface area contributed by atoms with Crippen LogP contribution >= 0.6 is 0 Å². The Labute approximate surface area is 145 Å². The number of hydrogen-bond donors (Lipinski definition) is 1. The lowest BCUT2D eigenvalue weighted by molar-refractivity contribution is -0.138. The number of benzene rings is 2. The van der Waals surface area contributed by atoms with E-state index in [1.165, 1.54) is 23.1 Å². The lowest BCUT2D eigenvalue weighted by Crippen LogP contribution is -2.35. The van der Waals surface area contributed by atoms with E-state index in [0.717, 1.165) is 5.56 Å². The van der Waals surface area contributed by atoms with Gasteiger partial charge in [-0.1, -0.05) is 42.5 Å².